The van der Waals surface area contributed by atoms with E-state index in [0.29, 0.717) is 11.5 Å². The van der Waals surface area contributed by atoms with Crippen LogP contribution in [0.5, 0.6) is 17.2 Å². The van der Waals surface area contributed by atoms with E-state index >= 15 is 0 Å². The van der Waals surface area contributed by atoms with Crippen LogP contribution in [0.1, 0.15) is 23.2 Å². The van der Waals surface area contributed by atoms with Gasteiger partial charge in [-0.15, -0.1) is 0 Å². The predicted molar refractivity (Wildman–Crippen MR) is 81.6 cm³/mol. The van der Waals surface area contributed by atoms with Gasteiger partial charge in [-0.25, -0.2) is 0 Å². The lowest BCUT2D eigenvalue weighted by Crippen LogP contribution is -2.45. The highest BCUT2D eigenvalue weighted by atomic mass is 35.5. The van der Waals surface area contributed by atoms with E-state index in [1.165, 1.54) is 33.5 Å². The maximum Gasteiger partial charge on any atom is 0.228 e. The molecule has 0 radical (unpaired) electrons. The molecule has 2 aliphatic rings. The zero-order valence-electron chi connectivity index (χ0n) is 12.9. The van der Waals surface area contributed by atoms with Gasteiger partial charge in [0.2, 0.25) is 11.4 Å². The lowest BCUT2D eigenvalue weighted by Gasteiger charge is -2.31. The summed E-state index contributed by atoms with van der Waals surface area (Å²) in [5.74, 6) is 0.541. The van der Waals surface area contributed by atoms with Gasteiger partial charge in [-0.2, -0.15) is 0 Å². The number of methoxy groups -OCH3 is 3. The first-order chi connectivity index (χ1) is 11.0. The molecule has 6 nitrogen and oxygen atoms in total. The summed E-state index contributed by atoms with van der Waals surface area (Å²) in [4.78, 5) is 24.7. The molecule has 1 heterocycles. The largest absolute Gasteiger partial charge is 0.496 e. The first-order valence-electron chi connectivity index (χ1n) is 6.95. The molecular weight excluding hydrogens is 324 g/mol. The van der Waals surface area contributed by atoms with Crippen molar-refractivity contribution in [2.45, 2.75) is 18.4 Å². The van der Waals surface area contributed by atoms with Crippen LogP contribution in [0, 0.1) is 0 Å². The Morgan fingerprint density at radius 1 is 1.13 bits per heavy atom. The van der Waals surface area contributed by atoms with E-state index in [9.17, 15) is 9.59 Å². The van der Waals surface area contributed by atoms with Crippen LogP contribution >= 0.6 is 11.6 Å². The topological polar surface area (TPSA) is 71.1 Å². The smallest absolute Gasteiger partial charge is 0.228 e. The molecule has 1 spiro atoms. The van der Waals surface area contributed by atoms with E-state index in [1.807, 2.05) is 0 Å². The van der Waals surface area contributed by atoms with Crippen molar-refractivity contribution in [1.29, 1.82) is 0 Å². The standard InChI is InChI=1S/C16H15ClO6/c1-20-9-7-10(21-2)13(17)14-12(9)15(19)16(23-14)5-4-8(18)6-11(16)22-3/h6-7H,4-5H2,1-3H3. The Kier molecular flexibility index (Phi) is 3.72. The van der Waals surface area contributed by atoms with Gasteiger partial charge in [0, 0.05) is 25.0 Å². The molecule has 0 fully saturated rings. The van der Waals surface area contributed by atoms with E-state index in [1.54, 1.807) is 0 Å². The summed E-state index contributed by atoms with van der Waals surface area (Å²) >= 11 is 6.29. The maximum absolute atomic E-state index is 13.0. The molecule has 23 heavy (non-hydrogen) atoms. The molecule has 0 aromatic heterocycles. The summed E-state index contributed by atoms with van der Waals surface area (Å²) in [6, 6.07) is 1.53. The third-order valence-electron chi connectivity index (χ3n) is 4.09. The summed E-state index contributed by atoms with van der Waals surface area (Å²) in [5, 5.41) is 0.181. The van der Waals surface area contributed by atoms with Crippen molar-refractivity contribution < 1.29 is 28.5 Å². The number of rotatable bonds is 3. The number of hydrogen-bond donors (Lipinski definition) is 0. The summed E-state index contributed by atoms with van der Waals surface area (Å²) in [5.41, 5.74) is -1.15. The number of fused-ring (bicyclic) bond motifs is 1. The van der Waals surface area contributed by atoms with Gasteiger partial charge < -0.3 is 18.9 Å². The molecule has 0 bridgehead atoms. The van der Waals surface area contributed by atoms with Gasteiger partial charge >= 0.3 is 0 Å². The van der Waals surface area contributed by atoms with Crippen molar-refractivity contribution in [1.82, 2.24) is 0 Å². The van der Waals surface area contributed by atoms with Gasteiger partial charge in [0.05, 0.1) is 21.3 Å². The third kappa shape index (κ3) is 2.09. The Morgan fingerprint density at radius 2 is 1.83 bits per heavy atom. The first kappa shape index (κ1) is 15.7. The third-order valence-corrected chi connectivity index (χ3v) is 4.45. The van der Waals surface area contributed by atoms with Crippen molar-refractivity contribution in [2.24, 2.45) is 0 Å². The second kappa shape index (κ2) is 5.45. The number of halogens is 1. The molecule has 0 N–H and O–H groups in total. The van der Waals surface area contributed by atoms with Crippen LogP contribution in [0.2, 0.25) is 5.02 Å². The van der Waals surface area contributed by atoms with E-state index < -0.39 is 5.60 Å². The van der Waals surface area contributed by atoms with Crippen molar-refractivity contribution >= 4 is 23.2 Å². The number of ether oxygens (including phenoxy) is 4. The number of ketones is 2. The summed E-state index contributed by atoms with van der Waals surface area (Å²) < 4.78 is 21.7. The van der Waals surface area contributed by atoms with Crippen LogP contribution in [0.4, 0.5) is 0 Å². The van der Waals surface area contributed by atoms with Gasteiger partial charge in [-0.05, 0) is 0 Å². The highest BCUT2D eigenvalue weighted by Crippen LogP contribution is 2.52. The molecule has 0 saturated heterocycles. The van der Waals surface area contributed by atoms with Crippen molar-refractivity contribution in [2.75, 3.05) is 21.3 Å². The predicted octanol–water partition coefficient (Wildman–Crippen LogP) is 2.56. The molecule has 1 aliphatic carbocycles. The minimum absolute atomic E-state index is 0.115. The maximum atomic E-state index is 13.0. The number of benzene rings is 1. The van der Waals surface area contributed by atoms with E-state index in [2.05, 4.69) is 0 Å². The van der Waals surface area contributed by atoms with E-state index in [0.717, 1.165) is 0 Å². The molecule has 1 unspecified atom stereocenters. The highest BCUT2D eigenvalue weighted by Gasteiger charge is 2.56. The Balaban J connectivity index is 2.21. The lowest BCUT2D eigenvalue weighted by molar-refractivity contribution is -0.116. The zero-order valence-corrected chi connectivity index (χ0v) is 13.7. The van der Waals surface area contributed by atoms with Crippen LogP contribution in [0.25, 0.3) is 0 Å². The number of Topliss-reactive ketones (excluding diaryl/α,β-unsaturated/α-hetero) is 1. The van der Waals surface area contributed by atoms with E-state index in [4.69, 9.17) is 30.5 Å². The second-order valence-corrected chi connectivity index (χ2v) is 5.61. The molecule has 1 aromatic carbocycles. The SMILES string of the molecule is COC1=CC(=O)CCC12Oc1c(Cl)c(OC)cc(OC)c1C2=O. The van der Waals surface area contributed by atoms with Crippen molar-refractivity contribution in [3.63, 3.8) is 0 Å². The summed E-state index contributed by atoms with van der Waals surface area (Å²) in [6.45, 7) is 0. The highest BCUT2D eigenvalue weighted by molar-refractivity contribution is 6.35. The minimum Gasteiger partial charge on any atom is -0.496 e. The van der Waals surface area contributed by atoms with Gasteiger partial charge in [-0.1, -0.05) is 11.6 Å². The average Bonchev–Trinajstić information content (AvgIpc) is 2.85. The first-order valence-corrected chi connectivity index (χ1v) is 7.33. The lowest BCUT2D eigenvalue weighted by atomic mass is 9.83. The number of carbonyl (C=O) groups excluding carboxylic acids is 2. The molecule has 122 valence electrons. The minimum atomic E-state index is -1.38. The van der Waals surface area contributed by atoms with Crippen molar-refractivity contribution in [3.8, 4) is 17.2 Å². The molecule has 0 saturated carbocycles. The fourth-order valence-corrected chi connectivity index (χ4v) is 3.20. The molecule has 0 amide bonds. The Labute approximate surface area is 137 Å². The van der Waals surface area contributed by atoms with Crippen LogP contribution in [-0.2, 0) is 9.53 Å². The van der Waals surface area contributed by atoms with Gasteiger partial charge in [-0.3, -0.25) is 9.59 Å². The fourth-order valence-electron chi connectivity index (χ4n) is 2.94. The van der Waals surface area contributed by atoms with E-state index in [-0.39, 0.29) is 46.5 Å². The average molecular weight is 339 g/mol. The van der Waals surface area contributed by atoms with Gasteiger partial charge in [0.15, 0.2) is 17.3 Å². The molecular formula is C16H15ClO6. The van der Waals surface area contributed by atoms with Gasteiger partial charge in [0.25, 0.3) is 0 Å². The summed E-state index contributed by atoms with van der Waals surface area (Å²) in [7, 11) is 4.29. The molecule has 1 aliphatic heterocycles. The monoisotopic (exact) mass is 338 g/mol. The van der Waals surface area contributed by atoms with Crippen LogP contribution < -0.4 is 14.2 Å². The molecule has 7 heteroatoms. The van der Waals surface area contributed by atoms with Crippen LogP contribution in [0.3, 0.4) is 0 Å². The van der Waals surface area contributed by atoms with Gasteiger partial charge in [0.1, 0.15) is 22.1 Å². The second-order valence-electron chi connectivity index (χ2n) is 5.24. The Bertz CT molecular complexity index is 739. The Morgan fingerprint density at radius 3 is 2.43 bits per heavy atom. The summed E-state index contributed by atoms with van der Waals surface area (Å²) in [6.07, 6.45) is 1.66. The molecule has 3 rings (SSSR count). The Hall–Kier alpha value is -2.21. The normalized spacial score (nSPS) is 22.5. The van der Waals surface area contributed by atoms with Crippen LogP contribution in [0.15, 0.2) is 17.9 Å². The zero-order chi connectivity index (χ0) is 16.8. The van der Waals surface area contributed by atoms with Crippen LogP contribution in [-0.4, -0.2) is 38.5 Å². The number of hydrogen-bond acceptors (Lipinski definition) is 6. The van der Waals surface area contributed by atoms with Crippen molar-refractivity contribution in [3.05, 3.63) is 28.5 Å². The number of allylic oxidation sites excluding steroid dienone is 1. The quantitative estimate of drug-likeness (QED) is 0.843. The molecule has 1 atom stereocenters. The fraction of sp³-hybridized carbons (Fsp3) is 0.375. The molecule has 1 aromatic rings. The number of carbonyl (C=O) groups is 2.